The number of nitrogens with one attached hydrogen (secondary N) is 2. The van der Waals surface area contributed by atoms with Crippen LogP contribution in [0.1, 0.15) is 52.4 Å². The van der Waals surface area contributed by atoms with Crippen LogP contribution in [-0.4, -0.2) is 87.9 Å². The van der Waals surface area contributed by atoms with Gasteiger partial charge in [-0.3, -0.25) is 4.99 Å². The van der Waals surface area contributed by atoms with E-state index in [9.17, 15) is 0 Å². The summed E-state index contributed by atoms with van der Waals surface area (Å²) in [5.74, 6) is 1.87. The number of likely N-dealkylation sites (tertiary alicyclic amines) is 2. The summed E-state index contributed by atoms with van der Waals surface area (Å²) in [5, 5.41) is 7.12. The molecule has 0 bridgehead atoms. The molecule has 0 aromatic carbocycles. The van der Waals surface area contributed by atoms with E-state index in [1.165, 1.54) is 64.8 Å². The van der Waals surface area contributed by atoms with E-state index in [4.69, 9.17) is 9.73 Å². The maximum Gasteiger partial charge on any atom is 0.191 e. The molecule has 0 aromatic heterocycles. The molecule has 0 aliphatic carbocycles. The summed E-state index contributed by atoms with van der Waals surface area (Å²) in [6.45, 7) is 14.4. The van der Waals surface area contributed by atoms with Crippen molar-refractivity contribution in [1.82, 2.24) is 20.4 Å². The normalized spacial score (nSPS) is 21.5. The van der Waals surface area contributed by atoms with Crippen molar-refractivity contribution < 1.29 is 4.74 Å². The van der Waals surface area contributed by atoms with Gasteiger partial charge in [0.15, 0.2) is 5.96 Å². The predicted molar refractivity (Wildman–Crippen MR) is 115 cm³/mol. The Kier molecular flexibility index (Phi) is 11.1. The molecule has 2 saturated heterocycles. The summed E-state index contributed by atoms with van der Waals surface area (Å²) >= 11 is 0. The lowest BCUT2D eigenvalue weighted by Gasteiger charge is -2.33. The lowest BCUT2D eigenvalue weighted by molar-refractivity contribution is 0.155. The molecule has 2 aliphatic heterocycles. The summed E-state index contributed by atoms with van der Waals surface area (Å²) in [5.41, 5.74) is 0. The largest absolute Gasteiger partial charge is 0.385 e. The molecule has 2 rings (SSSR count). The summed E-state index contributed by atoms with van der Waals surface area (Å²) in [6.07, 6.45) is 7.45. The van der Waals surface area contributed by atoms with Gasteiger partial charge in [-0.1, -0.05) is 6.92 Å². The van der Waals surface area contributed by atoms with Gasteiger partial charge in [-0.15, -0.1) is 0 Å². The molecule has 6 heteroatoms. The second kappa shape index (κ2) is 13.3. The van der Waals surface area contributed by atoms with E-state index in [0.717, 1.165) is 44.5 Å². The van der Waals surface area contributed by atoms with Gasteiger partial charge in [-0.2, -0.15) is 0 Å². The molecule has 0 atom stereocenters. The molecule has 0 saturated carbocycles. The zero-order chi connectivity index (χ0) is 19.3. The number of aliphatic imine (C=N–C) groups is 1. The van der Waals surface area contributed by atoms with Gasteiger partial charge in [0.05, 0.1) is 0 Å². The minimum absolute atomic E-state index is 0.550. The SMILES string of the molecule is CCNC(=NCCC1CCN(CC)CC1)NC1CCN(CCCOC)CC1. The Morgan fingerprint density at radius 2 is 1.74 bits per heavy atom. The van der Waals surface area contributed by atoms with Gasteiger partial charge in [-0.05, 0) is 71.0 Å². The van der Waals surface area contributed by atoms with Crippen molar-refractivity contribution in [2.45, 2.75) is 58.4 Å². The number of guanidine groups is 1. The molecule has 27 heavy (non-hydrogen) atoms. The van der Waals surface area contributed by atoms with Gasteiger partial charge in [0.25, 0.3) is 0 Å². The number of methoxy groups -OCH3 is 1. The van der Waals surface area contributed by atoms with Crippen LogP contribution in [0.15, 0.2) is 4.99 Å². The van der Waals surface area contributed by atoms with Gasteiger partial charge in [0.1, 0.15) is 0 Å². The summed E-state index contributed by atoms with van der Waals surface area (Å²) in [4.78, 5) is 9.99. The second-order valence-electron chi connectivity index (χ2n) is 8.03. The van der Waals surface area contributed by atoms with Crippen molar-refractivity contribution in [1.29, 1.82) is 0 Å². The highest BCUT2D eigenvalue weighted by atomic mass is 16.5. The molecule has 0 amide bonds. The van der Waals surface area contributed by atoms with Crippen molar-refractivity contribution in [3.05, 3.63) is 0 Å². The Labute approximate surface area is 167 Å². The number of ether oxygens (including phenoxy) is 1. The maximum atomic E-state index is 5.16. The molecular weight excluding hydrogens is 338 g/mol. The Morgan fingerprint density at radius 3 is 2.37 bits per heavy atom. The third kappa shape index (κ3) is 8.79. The lowest BCUT2D eigenvalue weighted by atomic mass is 9.94. The van der Waals surface area contributed by atoms with Crippen LogP contribution in [0.3, 0.4) is 0 Å². The van der Waals surface area contributed by atoms with Gasteiger partial charge in [0, 0.05) is 52.5 Å². The minimum Gasteiger partial charge on any atom is -0.385 e. The summed E-state index contributed by atoms with van der Waals surface area (Å²) < 4.78 is 5.16. The average molecular weight is 382 g/mol. The van der Waals surface area contributed by atoms with E-state index in [-0.39, 0.29) is 0 Å². The van der Waals surface area contributed by atoms with Gasteiger partial charge in [-0.25, -0.2) is 0 Å². The van der Waals surface area contributed by atoms with Crippen LogP contribution in [0.2, 0.25) is 0 Å². The molecule has 2 N–H and O–H groups in total. The molecule has 2 aliphatic rings. The molecule has 0 aromatic rings. The van der Waals surface area contributed by atoms with Crippen molar-refractivity contribution in [2.24, 2.45) is 10.9 Å². The van der Waals surface area contributed by atoms with Crippen molar-refractivity contribution in [2.75, 3.05) is 66.1 Å². The van der Waals surface area contributed by atoms with E-state index >= 15 is 0 Å². The molecule has 158 valence electrons. The standard InChI is InChI=1S/C21H43N5O/c1-4-22-21(23-12-7-19-8-14-25(5-2)15-9-19)24-20-10-16-26(17-11-20)13-6-18-27-3/h19-20H,4-18H2,1-3H3,(H2,22,23,24). The quantitative estimate of drug-likeness (QED) is 0.345. The van der Waals surface area contributed by atoms with E-state index < -0.39 is 0 Å². The smallest absolute Gasteiger partial charge is 0.191 e. The predicted octanol–water partition coefficient (Wildman–Crippen LogP) is 2.16. The highest BCUT2D eigenvalue weighted by Crippen LogP contribution is 2.20. The van der Waals surface area contributed by atoms with Crippen LogP contribution in [-0.2, 0) is 4.74 Å². The van der Waals surface area contributed by atoms with Crippen molar-refractivity contribution in [3.63, 3.8) is 0 Å². The first-order chi connectivity index (χ1) is 13.2. The van der Waals surface area contributed by atoms with Crippen LogP contribution in [0.5, 0.6) is 0 Å². The minimum atomic E-state index is 0.550. The van der Waals surface area contributed by atoms with Crippen molar-refractivity contribution in [3.8, 4) is 0 Å². The monoisotopic (exact) mass is 381 g/mol. The molecule has 2 heterocycles. The zero-order valence-corrected chi connectivity index (χ0v) is 18.0. The van der Waals surface area contributed by atoms with Crippen LogP contribution in [0.4, 0.5) is 0 Å². The van der Waals surface area contributed by atoms with Crippen LogP contribution >= 0.6 is 0 Å². The lowest BCUT2D eigenvalue weighted by Crippen LogP contribution is -2.49. The Balaban J connectivity index is 1.66. The molecule has 0 unspecified atom stereocenters. The van der Waals surface area contributed by atoms with E-state index in [0.29, 0.717) is 6.04 Å². The third-order valence-corrected chi connectivity index (χ3v) is 6.06. The first-order valence-corrected chi connectivity index (χ1v) is 11.2. The van der Waals surface area contributed by atoms with Gasteiger partial charge in [0.2, 0.25) is 0 Å². The third-order valence-electron chi connectivity index (χ3n) is 6.06. The number of hydrogen-bond donors (Lipinski definition) is 2. The molecule has 0 spiro atoms. The molecule has 6 nitrogen and oxygen atoms in total. The van der Waals surface area contributed by atoms with E-state index in [1.54, 1.807) is 7.11 Å². The Morgan fingerprint density at radius 1 is 1.04 bits per heavy atom. The highest BCUT2D eigenvalue weighted by molar-refractivity contribution is 5.80. The molecule has 0 radical (unpaired) electrons. The average Bonchev–Trinajstić information content (AvgIpc) is 2.70. The maximum absolute atomic E-state index is 5.16. The Bertz CT molecular complexity index is 401. The van der Waals surface area contributed by atoms with Crippen LogP contribution in [0, 0.1) is 5.92 Å². The number of rotatable bonds is 10. The fourth-order valence-corrected chi connectivity index (χ4v) is 4.20. The topological polar surface area (TPSA) is 52.1 Å². The first kappa shape index (κ1) is 22.4. The fourth-order valence-electron chi connectivity index (χ4n) is 4.20. The van der Waals surface area contributed by atoms with Crippen LogP contribution < -0.4 is 10.6 Å². The van der Waals surface area contributed by atoms with Gasteiger partial charge < -0.3 is 25.2 Å². The first-order valence-electron chi connectivity index (χ1n) is 11.2. The fraction of sp³-hybridized carbons (Fsp3) is 0.952. The van der Waals surface area contributed by atoms with Crippen molar-refractivity contribution >= 4 is 5.96 Å². The summed E-state index contributed by atoms with van der Waals surface area (Å²) in [6, 6.07) is 0.550. The van der Waals surface area contributed by atoms with Crippen LogP contribution in [0.25, 0.3) is 0 Å². The van der Waals surface area contributed by atoms with Gasteiger partial charge >= 0.3 is 0 Å². The second-order valence-corrected chi connectivity index (χ2v) is 8.03. The molecule has 2 fully saturated rings. The Hall–Kier alpha value is -0.850. The van der Waals surface area contributed by atoms with E-state index in [1.807, 2.05) is 0 Å². The number of nitrogens with zero attached hydrogens (tertiary/aromatic N) is 3. The number of hydrogen-bond acceptors (Lipinski definition) is 4. The number of piperidine rings is 2. The highest BCUT2D eigenvalue weighted by Gasteiger charge is 2.20. The summed E-state index contributed by atoms with van der Waals surface area (Å²) in [7, 11) is 1.78. The zero-order valence-electron chi connectivity index (χ0n) is 18.0. The molecular formula is C21H43N5O. The van der Waals surface area contributed by atoms with E-state index in [2.05, 4.69) is 34.3 Å².